The van der Waals surface area contributed by atoms with E-state index >= 15 is 0 Å². The molecule has 0 unspecified atom stereocenters. The van der Waals surface area contributed by atoms with Gasteiger partial charge in [0, 0.05) is 19.7 Å². The summed E-state index contributed by atoms with van der Waals surface area (Å²) in [4.78, 5) is 29.3. The van der Waals surface area contributed by atoms with Crippen LogP contribution in [-0.2, 0) is 11.3 Å². The van der Waals surface area contributed by atoms with E-state index in [0.717, 1.165) is 6.07 Å². The van der Waals surface area contributed by atoms with Gasteiger partial charge < -0.3 is 13.7 Å². The summed E-state index contributed by atoms with van der Waals surface area (Å²) in [5, 5.41) is 0.387. The Morgan fingerprint density at radius 2 is 2.07 bits per heavy atom. The Bertz CT molecular complexity index is 1320. The number of hydrogen-bond donors (Lipinski definition) is 0. The molecule has 8 heteroatoms. The van der Waals surface area contributed by atoms with Crippen molar-refractivity contribution in [3.8, 4) is 0 Å². The lowest BCUT2D eigenvalue weighted by Crippen LogP contribution is -2.20. The van der Waals surface area contributed by atoms with Gasteiger partial charge in [0.05, 0.1) is 22.2 Å². The summed E-state index contributed by atoms with van der Waals surface area (Å²) in [6, 6.07) is 12.5. The lowest BCUT2D eigenvalue weighted by Gasteiger charge is -2.05. The summed E-state index contributed by atoms with van der Waals surface area (Å²) >= 11 is 1.18. The second kappa shape index (κ2) is 7.49. The Morgan fingerprint density at radius 3 is 2.89 bits per heavy atom. The SMILES string of the molecule is COCCn1c(=NC(=O)c2cc(=O)c3ccccc3o2)sc2cccc(F)c21. The Morgan fingerprint density at radius 1 is 1.25 bits per heavy atom. The summed E-state index contributed by atoms with van der Waals surface area (Å²) in [7, 11) is 1.54. The Kier molecular flexibility index (Phi) is 4.89. The number of hydrogen-bond acceptors (Lipinski definition) is 5. The largest absolute Gasteiger partial charge is 0.451 e. The van der Waals surface area contributed by atoms with Gasteiger partial charge in [0.15, 0.2) is 16.0 Å². The molecule has 142 valence electrons. The first-order chi connectivity index (χ1) is 13.6. The van der Waals surface area contributed by atoms with Gasteiger partial charge in [-0.25, -0.2) is 4.39 Å². The molecule has 0 aliphatic rings. The number of nitrogens with zero attached hydrogens (tertiary/aromatic N) is 2. The predicted octanol–water partition coefficient (Wildman–Crippen LogP) is 3.34. The maximum Gasteiger partial charge on any atom is 0.315 e. The fraction of sp³-hybridized carbons (Fsp3) is 0.150. The van der Waals surface area contributed by atoms with Gasteiger partial charge in [-0.05, 0) is 24.3 Å². The number of methoxy groups -OCH3 is 1. The maximum atomic E-state index is 14.3. The van der Waals surface area contributed by atoms with Crippen molar-refractivity contribution in [1.29, 1.82) is 0 Å². The van der Waals surface area contributed by atoms with Gasteiger partial charge >= 0.3 is 5.91 Å². The third-order valence-electron chi connectivity index (χ3n) is 4.21. The first kappa shape index (κ1) is 18.3. The second-order valence-corrected chi connectivity index (χ2v) is 7.01. The van der Waals surface area contributed by atoms with Crippen LogP contribution in [0.3, 0.4) is 0 Å². The summed E-state index contributed by atoms with van der Waals surface area (Å²) in [6.45, 7) is 0.651. The van der Waals surface area contributed by atoms with Crippen LogP contribution in [0.2, 0.25) is 0 Å². The van der Waals surface area contributed by atoms with E-state index in [4.69, 9.17) is 9.15 Å². The van der Waals surface area contributed by atoms with Crippen molar-refractivity contribution < 1.29 is 18.3 Å². The fourth-order valence-corrected chi connectivity index (χ4v) is 3.98. The number of amides is 1. The van der Waals surface area contributed by atoms with Gasteiger partial charge in [-0.1, -0.05) is 29.5 Å². The molecule has 6 nitrogen and oxygen atoms in total. The third kappa shape index (κ3) is 3.28. The van der Waals surface area contributed by atoms with E-state index in [1.165, 1.54) is 24.5 Å². The van der Waals surface area contributed by atoms with E-state index in [1.54, 1.807) is 41.0 Å². The molecule has 0 N–H and O–H groups in total. The highest BCUT2D eigenvalue weighted by Crippen LogP contribution is 2.20. The van der Waals surface area contributed by atoms with E-state index in [9.17, 15) is 14.0 Å². The van der Waals surface area contributed by atoms with Gasteiger partial charge in [-0.15, -0.1) is 0 Å². The van der Waals surface area contributed by atoms with Crippen LogP contribution in [-0.4, -0.2) is 24.2 Å². The summed E-state index contributed by atoms with van der Waals surface area (Å²) in [5.74, 6) is -1.28. The van der Waals surface area contributed by atoms with E-state index < -0.39 is 11.7 Å². The molecule has 0 fully saturated rings. The van der Waals surface area contributed by atoms with Gasteiger partial charge in [-0.2, -0.15) is 4.99 Å². The minimum atomic E-state index is -0.707. The van der Waals surface area contributed by atoms with Crippen LogP contribution in [0.1, 0.15) is 10.6 Å². The van der Waals surface area contributed by atoms with Crippen molar-refractivity contribution in [3.63, 3.8) is 0 Å². The number of fused-ring (bicyclic) bond motifs is 2. The molecule has 0 saturated heterocycles. The standard InChI is InChI=1S/C20H15FN2O4S/c1-26-10-9-23-18-13(21)6-4-8-17(18)28-20(23)22-19(25)16-11-14(24)12-5-2-3-7-15(12)27-16/h2-8,11H,9-10H2,1H3. The van der Waals surface area contributed by atoms with Crippen LogP contribution in [0.25, 0.3) is 21.2 Å². The van der Waals surface area contributed by atoms with Crippen molar-refractivity contribution >= 4 is 38.4 Å². The van der Waals surface area contributed by atoms with Crippen LogP contribution in [0.5, 0.6) is 0 Å². The molecule has 2 aromatic carbocycles. The average Bonchev–Trinajstić information content (AvgIpc) is 3.04. The quantitative estimate of drug-likeness (QED) is 0.529. The summed E-state index contributed by atoms with van der Waals surface area (Å²) in [5.41, 5.74) is 0.342. The Hall–Kier alpha value is -3.10. The van der Waals surface area contributed by atoms with Crippen molar-refractivity contribution in [2.24, 2.45) is 4.99 Å². The minimum absolute atomic E-state index is 0.167. The average molecular weight is 398 g/mol. The first-order valence-electron chi connectivity index (χ1n) is 8.47. The number of carbonyl (C=O) groups excluding carboxylic acids is 1. The monoisotopic (exact) mass is 398 g/mol. The number of carbonyl (C=O) groups is 1. The summed E-state index contributed by atoms with van der Waals surface area (Å²) < 4.78 is 27.2. The molecule has 2 heterocycles. The molecular weight excluding hydrogens is 383 g/mol. The minimum Gasteiger partial charge on any atom is -0.451 e. The molecule has 0 aliphatic heterocycles. The second-order valence-electron chi connectivity index (χ2n) is 6.00. The van der Waals surface area contributed by atoms with Gasteiger partial charge in [0.25, 0.3) is 0 Å². The number of thiazole rings is 1. The van der Waals surface area contributed by atoms with Crippen LogP contribution in [0, 0.1) is 5.82 Å². The maximum absolute atomic E-state index is 14.3. The number of ether oxygens (including phenoxy) is 1. The highest BCUT2D eigenvalue weighted by molar-refractivity contribution is 7.16. The van der Waals surface area contributed by atoms with E-state index in [-0.39, 0.29) is 11.2 Å². The Labute approximate surface area is 162 Å². The van der Waals surface area contributed by atoms with Crippen molar-refractivity contribution in [1.82, 2.24) is 4.57 Å². The van der Waals surface area contributed by atoms with Gasteiger partial charge in [-0.3, -0.25) is 9.59 Å². The zero-order valence-electron chi connectivity index (χ0n) is 14.8. The van der Waals surface area contributed by atoms with E-state index in [2.05, 4.69) is 4.99 Å². The predicted molar refractivity (Wildman–Crippen MR) is 104 cm³/mol. The molecule has 0 radical (unpaired) electrons. The van der Waals surface area contributed by atoms with Crippen molar-refractivity contribution in [2.45, 2.75) is 6.54 Å². The zero-order chi connectivity index (χ0) is 19.7. The molecule has 28 heavy (non-hydrogen) atoms. The fourth-order valence-electron chi connectivity index (χ4n) is 2.91. The smallest absolute Gasteiger partial charge is 0.315 e. The van der Waals surface area contributed by atoms with E-state index in [0.29, 0.717) is 39.1 Å². The van der Waals surface area contributed by atoms with Gasteiger partial charge in [0.2, 0.25) is 0 Å². The molecule has 0 aliphatic carbocycles. The number of halogens is 1. The first-order valence-corrected chi connectivity index (χ1v) is 9.29. The van der Waals surface area contributed by atoms with Crippen LogP contribution in [0.15, 0.2) is 62.7 Å². The number of aromatic nitrogens is 1. The number of benzene rings is 2. The molecule has 4 aromatic rings. The number of para-hydroxylation sites is 2. The van der Waals surface area contributed by atoms with Gasteiger partial charge in [0.1, 0.15) is 11.4 Å². The van der Waals surface area contributed by atoms with E-state index in [1.807, 2.05) is 0 Å². The zero-order valence-corrected chi connectivity index (χ0v) is 15.7. The molecule has 0 spiro atoms. The molecule has 0 atom stereocenters. The lowest BCUT2D eigenvalue weighted by molar-refractivity contribution is 0.0971. The van der Waals surface area contributed by atoms with Crippen molar-refractivity contribution in [3.05, 3.63) is 75.1 Å². The topological polar surface area (TPSA) is 73.8 Å². The van der Waals surface area contributed by atoms with Crippen LogP contribution < -0.4 is 10.2 Å². The molecule has 2 aromatic heterocycles. The summed E-state index contributed by atoms with van der Waals surface area (Å²) in [6.07, 6.45) is 0. The Balaban J connectivity index is 1.86. The lowest BCUT2D eigenvalue weighted by atomic mass is 10.2. The third-order valence-corrected chi connectivity index (χ3v) is 5.26. The normalized spacial score (nSPS) is 12.1. The van der Waals surface area contributed by atoms with Crippen LogP contribution >= 0.6 is 11.3 Å². The van der Waals surface area contributed by atoms with Crippen LogP contribution in [0.4, 0.5) is 4.39 Å². The molecule has 0 bridgehead atoms. The molecule has 1 amide bonds. The molecule has 4 rings (SSSR count). The highest BCUT2D eigenvalue weighted by Gasteiger charge is 2.15. The molecule has 0 saturated carbocycles. The molecular formula is C20H15FN2O4S. The van der Waals surface area contributed by atoms with Crippen molar-refractivity contribution in [2.75, 3.05) is 13.7 Å². The number of rotatable bonds is 4. The highest BCUT2D eigenvalue weighted by atomic mass is 32.1.